The quantitative estimate of drug-likeness (QED) is 0.479. The molecule has 0 bridgehead atoms. The van der Waals surface area contributed by atoms with Gasteiger partial charge in [0.15, 0.2) is 5.16 Å². The van der Waals surface area contributed by atoms with Crippen LogP contribution in [0.3, 0.4) is 0 Å². The molecule has 1 heterocycles. The minimum Gasteiger partial charge on any atom is -0.322 e. The van der Waals surface area contributed by atoms with Crippen LogP contribution in [0.25, 0.3) is 0 Å². The van der Waals surface area contributed by atoms with Gasteiger partial charge in [-0.3, -0.25) is 4.79 Å². The highest BCUT2D eigenvalue weighted by atomic mass is 32.2. The zero-order valence-electron chi connectivity index (χ0n) is 17.5. The number of hydrogen-bond acceptors (Lipinski definition) is 4. The second-order valence-corrected chi connectivity index (χ2v) is 9.01. The Morgan fingerprint density at radius 2 is 1.53 bits per heavy atom. The lowest BCUT2D eigenvalue weighted by Gasteiger charge is -2.22. The molecule has 1 fully saturated rings. The maximum Gasteiger partial charge on any atom is 0.255 e. The number of hydrogen-bond donors (Lipinski definition) is 1. The van der Waals surface area contributed by atoms with Crippen LogP contribution in [0.15, 0.2) is 64.6 Å². The van der Waals surface area contributed by atoms with Crippen molar-refractivity contribution in [1.29, 1.82) is 0 Å². The summed E-state index contributed by atoms with van der Waals surface area (Å²) in [5.74, 6) is 0.574. The highest BCUT2D eigenvalue weighted by Crippen LogP contribution is 2.32. The van der Waals surface area contributed by atoms with Crippen molar-refractivity contribution in [2.75, 3.05) is 5.32 Å². The van der Waals surface area contributed by atoms with Crippen molar-refractivity contribution >= 4 is 23.4 Å². The largest absolute Gasteiger partial charge is 0.322 e. The molecular weight excluding hydrogens is 390 g/mol. The number of aromatic nitrogens is 2. The SMILES string of the molecule is Cc1cc(C)nc(Sc2ccc(NC(=O)c3ccc(C4CCCCC4)cc3)cc2)n1. The Hall–Kier alpha value is -2.66. The zero-order chi connectivity index (χ0) is 20.9. The number of nitrogens with zero attached hydrogens (tertiary/aromatic N) is 2. The van der Waals surface area contributed by atoms with Gasteiger partial charge in [0.25, 0.3) is 5.91 Å². The van der Waals surface area contributed by atoms with Crippen molar-refractivity contribution in [3.05, 3.63) is 77.1 Å². The van der Waals surface area contributed by atoms with Crippen LogP contribution in [0.1, 0.15) is 65.3 Å². The van der Waals surface area contributed by atoms with Crippen molar-refractivity contribution in [2.24, 2.45) is 0 Å². The molecule has 30 heavy (non-hydrogen) atoms. The van der Waals surface area contributed by atoms with Gasteiger partial charge in [0.05, 0.1) is 0 Å². The van der Waals surface area contributed by atoms with E-state index in [2.05, 4.69) is 27.4 Å². The molecule has 0 atom stereocenters. The van der Waals surface area contributed by atoms with Crippen molar-refractivity contribution in [3.8, 4) is 0 Å². The van der Waals surface area contributed by atoms with E-state index in [0.717, 1.165) is 27.1 Å². The molecule has 0 saturated heterocycles. The highest BCUT2D eigenvalue weighted by molar-refractivity contribution is 7.99. The fraction of sp³-hybridized carbons (Fsp3) is 0.320. The second kappa shape index (κ2) is 9.43. The first-order valence-electron chi connectivity index (χ1n) is 10.6. The minimum absolute atomic E-state index is 0.0803. The maximum atomic E-state index is 12.6. The molecule has 1 aliphatic carbocycles. The van der Waals surface area contributed by atoms with Gasteiger partial charge < -0.3 is 5.32 Å². The molecule has 4 nitrogen and oxygen atoms in total. The Balaban J connectivity index is 1.37. The molecule has 4 rings (SSSR count). The van der Waals surface area contributed by atoms with Crippen molar-refractivity contribution in [1.82, 2.24) is 9.97 Å². The van der Waals surface area contributed by atoms with E-state index < -0.39 is 0 Å². The Morgan fingerprint density at radius 1 is 0.900 bits per heavy atom. The van der Waals surface area contributed by atoms with Crippen LogP contribution in [-0.2, 0) is 0 Å². The summed E-state index contributed by atoms with van der Waals surface area (Å²) in [5.41, 5.74) is 4.76. The van der Waals surface area contributed by atoms with Crippen LogP contribution >= 0.6 is 11.8 Å². The van der Waals surface area contributed by atoms with Crippen LogP contribution in [0, 0.1) is 13.8 Å². The van der Waals surface area contributed by atoms with Crippen LogP contribution < -0.4 is 5.32 Å². The summed E-state index contributed by atoms with van der Waals surface area (Å²) >= 11 is 1.52. The number of rotatable bonds is 5. The third kappa shape index (κ3) is 5.28. The van der Waals surface area contributed by atoms with Crippen LogP contribution in [-0.4, -0.2) is 15.9 Å². The molecule has 1 aromatic heterocycles. The summed E-state index contributed by atoms with van der Waals surface area (Å²) in [4.78, 5) is 22.6. The van der Waals surface area contributed by atoms with Crippen molar-refractivity contribution in [3.63, 3.8) is 0 Å². The summed E-state index contributed by atoms with van der Waals surface area (Å²) in [6.07, 6.45) is 6.52. The van der Waals surface area contributed by atoms with Gasteiger partial charge >= 0.3 is 0 Å². The second-order valence-electron chi connectivity index (χ2n) is 7.97. The van der Waals surface area contributed by atoms with Gasteiger partial charge in [0, 0.05) is 27.5 Å². The molecule has 1 N–H and O–H groups in total. The van der Waals surface area contributed by atoms with E-state index in [1.165, 1.54) is 49.4 Å². The third-order valence-corrected chi connectivity index (χ3v) is 6.41. The van der Waals surface area contributed by atoms with Gasteiger partial charge in [0.2, 0.25) is 0 Å². The molecule has 2 aromatic carbocycles. The summed E-state index contributed by atoms with van der Waals surface area (Å²) in [6.45, 7) is 3.94. The van der Waals surface area contributed by atoms with Gasteiger partial charge in [0.1, 0.15) is 0 Å². The predicted octanol–water partition coefficient (Wildman–Crippen LogP) is 6.54. The molecule has 1 saturated carbocycles. The first-order chi connectivity index (χ1) is 14.6. The smallest absolute Gasteiger partial charge is 0.255 e. The number of carbonyl (C=O) groups is 1. The van der Waals surface area contributed by atoms with E-state index in [9.17, 15) is 4.79 Å². The lowest BCUT2D eigenvalue weighted by molar-refractivity contribution is 0.102. The van der Waals surface area contributed by atoms with E-state index in [4.69, 9.17) is 0 Å². The summed E-state index contributed by atoms with van der Waals surface area (Å²) < 4.78 is 0. The normalized spacial score (nSPS) is 14.5. The average molecular weight is 418 g/mol. The fourth-order valence-corrected chi connectivity index (χ4v) is 4.86. The van der Waals surface area contributed by atoms with E-state index in [1.807, 2.05) is 56.3 Å². The molecular formula is C25H27N3OS. The monoisotopic (exact) mass is 417 g/mol. The standard InChI is InChI=1S/C25H27N3OS/c1-17-16-18(2)27-25(26-17)30-23-14-12-22(13-15-23)28-24(29)21-10-8-20(9-11-21)19-6-4-3-5-7-19/h8-16,19H,3-7H2,1-2H3,(H,28,29). The van der Waals surface area contributed by atoms with Gasteiger partial charge in [-0.1, -0.05) is 31.4 Å². The molecule has 3 aromatic rings. The van der Waals surface area contributed by atoms with Gasteiger partial charge in [-0.2, -0.15) is 0 Å². The summed E-state index contributed by atoms with van der Waals surface area (Å²) in [7, 11) is 0. The number of aryl methyl sites for hydroxylation is 2. The lowest BCUT2D eigenvalue weighted by Crippen LogP contribution is -2.12. The fourth-order valence-electron chi connectivity index (χ4n) is 4.00. The van der Waals surface area contributed by atoms with Crippen LogP contribution in [0.4, 0.5) is 5.69 Å². The van der Waals surface area contributed by atoms with Crippen LogP contribution in [0.2, 0.25) is 0 Å². The van der Waals surface area contributed by atoms with E-state index in [-0.39, 0.29) is 5.91 Å². The van der Waals surface area contributed by atoms with Crippen LogP contribution in [0.5, 0.6) is 0 Å². The molecule has 5 heteroatoms. The summed E-state index contributed by atoms with van der Waals surface area (Å²) in [5, 5.41) is 3.73. The topological polar surface area (TPSA) is 54.9 Å². The maximum absolute atomic E-state index is 12.6. The zero-order valence-corrected chi connectivity index (χ0v) is 18.3. The Morgan fingerprint density at radius 3 is 2.17 bits per heavy atom. The molecule has 0 aliphatic heterocycles. The van der Waals surface area contributed by atoms with Gasteiger partial charge in [-0.15, -0.1) is 0 Å². The number of amides is 1. The number of benzene rings is 2. The van der Waals surface area contributed by atoms with E-state index in [0.29, 0.717) is 11.5 Å². The predicted molar refractivity (Wildman–Crippen MR) is 122 cm³/mol. The van der Waals surface area contributed by atoms with Crippen molar-refractivity contribution < 1.29 is 4.79 Å². The number of nitrogens with one attached hydrogen (secondary N) is 1. The minimum atomic E-state index is -0.0803. The molecule has 1 amide bonds. The molecule has 154 valence electrons. The number of carbonyl (C=O) groups excluding carboxylic acids is 1. The summed E-state index contributed by atoms with van der Waals surface area (Å²) in [6, 6.07) is 17.9. The van der Waals surface area contributed by atoms with Gasteiger partial charge in [-0.05, 0) is 92.4 Å². The molecule has 1 aliphatic rings. The third-order valence-electron chi connectivity index (χ3n) is 5.53. The first-order valence-corrected chi connectivity index (χ1v) is 11.4. The average Bonchev–Trinajstić information content (AvgIpc) is 2.75. The molecule has 0 spiro atoms. The Labute approximate surface area is 182 Å². The first kappa shape index (κ1) is 20.6. The van der Waals surface area contributed by atoms with Crippen molar-refractivity contribution in [2.45, 2.75) is 61.9 Å². The van der Waals surface area contributed by atoms with E-state index in [1.54, 1.807) is 0 Å². The van der Waals surface area contributed by atoms with Gasteiger partial charge in [-0.25, -0.2) is 9.97 Å². The highest BCUT2D eigenvalue weighted by Gasteiger charge is 2.16. The molecule has 0 unspecified atom stereocenters. The number of anilines is 1. The Bertz CT molecular complexity index is 989. The molecule has 0 radical (unpaired) electrons. The Kier molecular flexibility index (Phi) is 6.48. The van der Waals surface area contributed by atoms with E-state index >= 15 is 0 Å². The lowest BCUT2D eigenvalue weighted by atomic mass is 9.84.